The van der Waals surface area contributed by atoms with Gasteiger partial charge >= 0.3 is 0 Å². The Kier molecular flexibility index (Phi) is 5.15. The van der Waals surface area contributed by atoms with Gasteiger partial charge in [-0.05, 0) is 38.1 Å². The summed E-state index contributed by atoms with van der Waals surface area (Å²) in [6.07, 6.45) is -1.24. The molecule has 0 bridgehead atoms. The van der Waals surface area contributed by atoms with Crippen LogP contribution >= 0.6 is 0 Å². The number of carbonyl (C=O) groups excluding carboxylic acids is 1. The third-order valence-corrected chi connectivity index (χ3v) is 2.24. The van der Waals surface area contributed by atoms with E-state index in [0.717, 1.165) is 0 Å². The van der Waals surface area contributed by atoms with Crippen molar-refractivity contribution in [1.29, 1.82) is 5.26 Å². The van der Waals surface area contributed by atoms with Crippen molar-refractivity contribution in [2.24, 2.45) is 0 Å². The van der Waals surface area contributed by atoms with Crippen molar-refractivity contribution >= 4 is 5.91 Å². The lowest BCUT2D eigenvalue weighted by atomic mass is 10.2. The van der Waals surface area contributed by atoms with Crippen LogP contribution < -0.4 is 10.1 Å². The molecule has 0 saturated carbocycles. The molecule has 1 amide bonds. The van der Waals surface area contributed by atoms with E-state index in [1.54, 1.807) is 38.1 Å². The number of hydrogen-bond donors (Lipinski definition) is 2. The van der Waals surface area contributed by atoms with Gasteiger partial charge in [-0.1, -0.05) is 0 Å². The maximum Gasteiger partial charge on any atom is 0.260 e. The zero-order chi connectivity index (χ0) is 13.5. The van der Waals surface area contributed by atoms with Crippen LogP contribution in [0.4, 0.5) is 0 Å². The van der Waals surface area contributed by atoms with E-state index in [-0.39, 0.29) is 12.5 Å². The molecule has 0 aliphatic rings. The highest BCUT2D eigenvalue weighted by molar-refractivity contribution is 5.80. The lowest BCUT2D eigenvalue weighted by Gasteiger charge is -2.15. The van der Waals surface area contributed by atoms with E-state index in [2.05, 4.69) is 5.32 Å². The largest absolute Gasteiger partial charge is 0.481 e. The molecule has 0 aliphatic heterocycles. The average Bonchev–Trinajstić information content (AvgIpc) is 2.36. The normalized spacial score (nSPS) is 13.2. The number of hydrogen-bond acceptors (Lipinski definition) is 4. The predicted molar refractivity (Wildman–Crippen MR) is 65.9 cm³/mol. The average molecular weight is 248 g/mol. The minimum Gasteiger partial charge on any atom is -0.481 e. The van der Waals surface area contributed by atoms with E-state index >= 15 is 0 Å². The van der Waals surface area contributed by atoms with Crippen LogP contribution in [0.15, 0.2) is 24.3 Å². The van der Waals surface area contributed by atoms with Gasteiger partial charge in [-0.2, -0.15) is 5.26 Å². The number of ether oxygens (including phenoxy) is 1. The SMILES string of the molecule is CC(O)CNC(=O)C(C)Oc1ccc(C#N)cc1. The fourth-order valence-electron chi connectivity index (χ4n) is 1.26. The molecule has 0 saturated heterocycles. The second-order valence-electron chi connectivity index (χ2n) is 3.99. The summed E-state index contributed by atoms with van der Waals surface area (Å²) >= 11 is 0. The highest BCUT2D eigenvalue weighted by Gasteiger charge is 2.14. The van der Waals surface area contributed by atoms with E-state index in [9.17, 15) is 4.79 Å². The Morgan fingerprint density at radius 3 is 2.56 bits per heavy atom. The molecule has 0 fully saturated rings. The third-order valence-electron chi connectivity index (χ3n) is 2.24. The Balaban J connectivity index is 2.50. The number of nitrogens with one attached hydrogen (secondary N) is 1. The smallest absolute Gasteiger partial charge is 0.260 e. The third kappa shape index (κ3) is 4.44. The Labute approximate surface area is 106 Å². The van der Waals surface area contributed by atoms with E-state index in [1.807, 2.05) is 6.07 Å². The summed E-state index contributed by atoms with van der Waals surface area (Å²) in [5, 5.41) is 20.2. The summed E-state index contributed by atoms with van der Waals surface area (Å²) in [5.74, 6) is 0.231. The van der Waals surface area contributed by atoms with Gasteiger partial charge < -0.3 is 15.2 Å². The summed E-state index contributed by atoms with van der Waals surface area (Å²) < 4.78 is 5.40. The Morgan fingerprint density at radius 1 is 1.44 bits per heavy atom. The molecule has 2 unspecified atom stereocenters. The van der Waals surface area contributed by atoms with Gasteiger partial charge in [-0.3, -0.25) is 4.79 Å². The molecule has 1 aromatic carbocycles. The minimum atomic E-state index is -0.656. The number of rotatable bonds is 5. The lowest BCUT2D eigenvalue weighted by Crippen LogP contribution is -2.39. The van der Waals surface area contributed by atoms with Crippen molar-refractivity contribution in [3.63, 3.8) is 0 Å². The van der Waals surface area contributed by atoms with Crippen LogP contribution in [-0.2, 0) is 4.79 Å². The summed E-state index contributed by atoms with van der Waals surface area (Å²) in [6, 6.07) is 8.51. The first-order valence-corrected chi connectivity index (χ1v) is 5.65. The first kappa shape index (κ1) is 14.0. The molecule has 2 N–H and O–H groups in total. The fourth-order valence-corrected chi connectivity index (χ4v) is 1.26. The second kappa shape index (κ2) is 6.62. The molecule has 0 radical (unpaired) electrons. The Bertz CT molecular complexity index is 435. The Morgan fingerprint density at radius 2 is 2.06 bits per heavy atom. The number of amides is 1. The van der Waals surface area contributed by atoms with E-state index in [4.69, 9.17) is 15.1 Å². The lowest BCUT2D eigenvalue weighted by molar-refractivity contribution is -0.127. The maximum atomic E-state index is 11.6. The van der Waals surface area contributed by atoms with Crippen molar-refractivity contribution in [2.45, 2.75) is 26.1 Å². The molecule has 96 valence electrons. The Hall–Kier alpha value is -2.06. The van der Waals surface area contributed by atoms with Gasteiger partial charge in [0.2, 0.25) is 0 Å². The number of aliphatic hydroxyl groups excluding tert-OH is 1. The topological polar surface area (TPSA) is 82.3 Å². The van der Waals surface area contributed by atoms with E-state index in [1.165, 1.54) is 0 Å². The molecule has 0 heterocycles. The molecule has 0 spiro atoms. The van der Waals surface area contributed by atoms with Crippen molar-refractivity contribution in [3.05, 3.63) is 29.8 Å². The van der Waals surface area contributed by atoms with E-state index < -0.39 is 12.2 Å². The molecule has 2 atom stereocenters. The van der Waals surface area contributed by atoms with Crippen molar-refractivity contribution in [1.82, 2.24) is 5.32 Å². The maximum absolute atomic E-state index is 11.6. The van der Waals surface area contributed by atoms with Gasteiger partial charge in [0.15, 0.2) is 6.10 Å². The molecule has 0 aromatic heterocycles. The van der Waals surface area contributed by atoms with Gasteiger partial charge in [0.25, 0.3) is 5.91 Å². The monoisotopic (exact) mass is 248 g/mol. The molecular formula is C13H16N2O3. The van der Waals surface area contributed by atoms with Crippen molar-refractivity contribution in [3.8, 4) is 11.8 Å². The van der Waals surface area contributed by atoms with Gasteiger partial charge in [0.05, 0.1) is 17.7 Å². The number of nitrogens with zero attached hydrogens (tertiary/aromatic N) is 1. The number of nitriles is 1. The van der Waals surface area contributed by atoms with Gasteiger partial charge in [0, 0.05) is 6.54 Å². The number of carbonyl (C=O) groups is 1. The first-order valence-electron chi connectivity index (χ1n) is 5.65. The van der Waals surface area contributed by atoms with Gasteiger partial charge in [-0.25, -0.2) is 0 Å². The molecule has 5 nitrogen and oxygen atoms in total. The summed E-state index contributed by atoms with van der Waals surface area (Å²) in [7, 11) is 0. The van der Waals surface area contributed by atoms with Crippen LogP contribution in [-0.4, -0.2) is 29.8 Å². The van der Waals surface area contributed by atoms with Crippen molar-refractivity contribution < 1.29 is 14.6 Å². The summed E-state index contributed by atoms with van der Waals surface area (Å²) in [5.41, 5.74) is 0.536. The molecule has 5 heteroatoms. The highest BCUT2D eigenvalue weighted by atomic mass is 16.5. The second-order valence-corrected chi connectivity index (χ2v) is 3.99. The predicted octanol–water partition coefficient (Wildman–Crippen LogP) is 0.823. The summed E-state index contributed by atoms with van der Waals surface area (Å²) in [6.45, 7) is 3.40. The zero-order valence-electron chi connectivity index (χ0n) is 10.4. The molecular weight excluding hydrogens is 232 g/mol. The van der Waals surface area contributed by atoms with Crippen LogP contribution in [0.3, 0.4) is 0 Å². The van der Waals surface area contributed by atoms with Gasteiger partial charge in [-0.15, -0.1) is 0 Å². The van der Waals surface area contributed by atoms with Crippen LogP contribution in [0, 0.1) is 11.3 Å². The quantitative estimate of drug-likeness (QED) is 0.808. The highest BCUT2D eigenvalue weighted by Crippen LogP contribution is 2.13. The van der Waals surface area contributed by atoms with Gasteiger partial charge in [0.1, 0.15) is 5.75 Å². The molecule has 1 aromatic rings. The first-order chi connectivity index (χ1) is 8.52. The van der Waals surface area contributed by atoms with Crippen LogP contribution in [0.25, 0.3) is 0 Å². The van der Waals surface area contributed by atoms with Crippen LogP contribution in [0.5, 0.6) is 5.75 Å². The molecule has 18 heavy (non-hydrogen) atoms. The number of aliphatic hydroxyl groups is 1. The number of benzene rings is 1. The standard InChI is InChI=1S/C13H16N2O3/c1-9(16)8-15-13(17)10(2)18-12-5-3-11(7-14)4-6-12/h3-6,9-10,16H,8H2,1-2H3,(H,15,17). The zero-order valence-corrected chi connectivity index (χ0v) is 10.4. The van der Waals surface area contributed by atoms with E-state index in [0.29, 0.717) is 11.3 Å². The fraction of sp³-hybridized carbons (Fsp3) is 0.385. The van der Waals surface area contributed by atoms with Crippen LogP contribution in [0.1, 0.15) is 19.4 Å². The molecule has 1 rings (SSSR count). The van der Waals surface area contributed by atoms with Crippen molar-refractivity contribution in [2.75, 3.05) is 6.54 Å². The van der Waals surface area contributed by atoms with Crippen LogP contribution in [0.2, 0.25) is 0 Å². The molecule has 0 aliphatic carbocycles. The summed E-state index contributed by atoms with van der Waals surface area (Å²) in [4.78, 5) is 11.6. The minimum absolute atomic E-state index is 0.194.